The first-order chi connectivity index (χ1) is 11.9. The first-order valence-corrected chi connectivity index (χ1v) is 8.99. The zero-order valence-corrected chi connectivity index (χ0v) is 16.1. The van der Waals surface area contributed by atoms with E-state index in [2.05, 4.69) is 36.5 Å². The first-order valence-electron chi connectivity index (χ1n) is 8.23. The van der Waals surface area contributed by atoms with E-state index in [1.54, 1.807) is 24.4 Å². The van der Waals surface area contributed by atoms with Crippen molar-refractivity contribution in [3.63, 3.8) is 0 Å². The van der Waals surface area contributed by atoms with Crippen LogP contribution in [-0.4, -0.2) is 12.1 Å². The summed E-state index contributed by atoms with van der Waals surface area (Å²) in [7, 11) is 0. The van der Waals surface area contributed by atoms with Gasteiger partial charge < -0.3 is 0 Å². The van der Waals surface area contributed by atoms with Gasteiger partial charge in [-0.2, -0.15) is 5.10 Å². The van der Waals surface area contributed by atoms with Crippen molar-refractivity contribution < 1.29 is 4.79 Å². The van der Waals surface area contributed by atoms with Crippen molar-refractivity contribution >= 4 is 35.3 Å². The molecule has 0 fully saturated rings. The number of carbonyl (C=O) groups is 1. The van der Waals surface area contributed by atoms with Gasteiger partial charge in [0.2, 0.25) is 5.91 Å². The molecule has 1 amide bonds. The zero-order valence-electron chi connectivity index (χ0n) is 14.6. The highest BCUT2D eigenvalue weighted by Crippen LogP contribution is 2.22. The lowest BCUT2D eigenvalue weighted by Crippen LogP contribution is -2.23. The molecular formula is C20H22Cl2N2O. The minimum absolute atomic E-state index is 0.159. The van der Waals surface area contributed by atoms with E-state index in [0.29, 0.717) is 16.0 Å². The number of nitrogens with zero attached hydrogens (tertiary/aromatic N) is 1. The molecule has 2 aromatic rings. The first kappa shape index (κ1) is 19.5. The maximum absolute atomic E-state index is 12.2. The second-order valence-corrected chi connectivity index (χ2v) is 7.28. The van der Waals surface area contributed by atoms with Crippen molar-refractivity contribution in [2.75, 3.05) is 0 Å². The van der Waals surface area contributed by atoms with Gasteiger partial charge in [0.25, 0.3) is 0 Å². The minimum Gasteiger partial charge on any atom is -0.272 e. The van der Waals surface area contributed by atoms with Gasteiger partial charge in [-0.05, 0) is 48.1 Å². The van der Waals surface area contributed by atoms with Crippen LogP contribution in [0.1, 0.15) is 43.4 Å². The van der Waals surface area contributed by atoms with Crippen LogP contribution < -0.4 is 5.43 Å². The molecule has 0 aliphatic carbocycles. The molecule has 3 nitrogen and oxygen atoms in total. The van der Waals surface area contributed by atoms with Crippen LogP contribution in [-0.2, 0) is 11.2 Å². The average molecular weight is 377 g/mol. The highest BCUT2D eigenvalue weighted by atomic mass is 35.5. The zero-order chi connectivity index (χ0) is 18.4. The maximum atomic E-state index is 12.2. The summed E-state index contributed by atoms with van der Waals surface area (Å²) in [5, 5.41) is 4.92. The molecule has 0 saturated carbocycles. The molecule has 1 atom stereocenters. The summed E-state index contributed by atoms with van der Waals surface area (Å²) in [6.45, 7) is 6.24. The average Bonchev–Trinajstić information content (AvgIpc) is 2.57. The van der Waals surface area contributed by atoms with Crippen LogP contribution in [0.3, 0.4) is 0 Å². The Kier molecular flexibility index (Phi) is 7.03. The van der Waals surface area contributed by atoms with Crippen LogP contribution in [0.5, 0.6) is 0 Å². The fourth-order valence-corrected chi connectivity index (χ4v) is 2.73. The Morgan fingerprint density at radius 3 is 2.36 bits per heavy atom. The lowest BCUT2D eigenvalue weighted by atomic mass is 9.96. The molecule has 2 rings (SSSR count). The van der Waals surface area contributed by atoms with Crippen LogP contribution in [0.25, 0.3) is 0 Å². The normalized spacial score (nSPS) is 12.6. The number of halogens is 2. The van der Waals surface area contributed by atoms with Gasteiger partial charge in [0.15, 0.2) is 0 Å². The fraction of sp³-hybridized carbons (Fsp3) is 0.300. The van der Waals surface area contributed by atoms with Crippen LogP contribution in [0.15, 0.2) is 47.6 Å². The van der Waals surface area contributed by atoms with Crippen molar-refractivity contribution in [2.45, 2.75) is 33.1 Å². The Balaban J connectivity index is 1.95. The van der Waals surface area contributed by atoms with E-state index in [9.17, 15) is 4.79 Å². The molecule has 0 aliphatic rings. The van der Waals surface area contributed by atoms with Crippen molar-refractivity contribution in [1.82, 2.24) is 5.43 Å². The molecule has 0 saturated heterocycles. The smallest absolute Gasteiger partial charge is 0.247 e. The third kappa shape index (κ3) is 5.87. The number of carbonyl (C=O) groups excluding carboxylic acids is 1. The highest BCUT2D eigenvalue weighted by molar-refractivity contribution is 6.42. The second kappa shape index (κ2) is 9.02. The van der Waals surface area contributed by atoms with E-state index >= 15 is 0 Å². The quantitative estimate of drug-likeness (QED) is 0.528. The Morgan fingerprint density at radius 2 is 1.76 bits per heavy atom. The molecule has 0 bridgehead atoms. The monoisotopic (exact) mass is 376 g/mol. The number of rotatable bonds is 6. The van der Waals surface area contributed by atoms with E-state index in [0.717, 1.165) is 17.5 Å². The molecule has 0 heterocycles. The fourth-order valence-electron chi connectivity index (χ4n) is 2.43. The lowest BCUT2D eigenvalue weighted by molar-refractivity contribution is -0.122. The van der Waals surface area contributed by atoms with Crippen molar-refractivity contribution in [2.24, 2.45) is 11.0 Å². The van der Waals surface area contributed by atoms with E-state index in [1.807, 2.05) is 19.1 Å². The van der Waals surface area contributed by atoms with Crippen LogP contribution >= 0.6 is 23.2 Å². The van der Waals surface area contributed by atoms with Gasteiger partial charge in [-0.25, -0.2) is 5.43 Å². The van der Waals surface area contributed by atoms with Gasteiger partial charge in [0.1, 0.15) is 0 Å². The highest BCUT2D eigenvalue weighted by Gasteiger charge is 2.14. The van der Waals surface area contributed by atoms with Crippen molar-refractivity contribution in [3.05, 3.63) is 69.2 Å². The summed E-state index contributed by atoms with van der Waals surface area (Å²) in [5.74, 6) is 0.175. The van der Waals surface area contributed by atoms with Crippen molar-refractivity contribution in [1.29, 1.82) is 0 Å². The molecule has 0 aliphatic heterocycles. The van der Waals surface area contributed by atoms with Crippen LogP contribution in [0.4, 0.5) is 0 Å². The molecule has 1 N–H and O–H groups in total. The van der Waals surface area contributed by atoms with Gasteiger partial charge >= 0.3 is 0 Å². The van der Waals surface area contributed by atoms with Gasteiger partial charge in [-0.1, -0.05) is 67.4 Å². The minimum atomic E-state index is -0.279. The topological polar surface area (TPSA) is 41.5 Å². The molecule has 0 radical (unpaired) electrons. The number of nitrogens with one attached hydrogen (secondary N) is 1. The third-order valence-corrected chi connectivity index (χ3v) is 4.59. The van der Waals surface area contributed by atoms with Gasteiger partial charge in [0.05, 0.1) is 22.2 Å². The van der Waals surface area contributed by atoms with E-state index in [-0.39, 0.29) is 11.8 Å². The molecule has 25 heavy (non-hydrogen) atoms. The number of hydrazone groups is 1. The Labute approximate surface area is 159 Å². The number of amides is 1. The number of hydrogen-bond acceptors (Lipinski definition) is 2. The molecule has 132 valence electrons. The summed E-state index contributed by atoms with van der Waals surface area (Å²) in [5.41, 5.74) is 5.58. The third-order valence-electron chi connectivity index (χ3n) is 3.85. The van der Waals surface area contributed by atoms with E-state index < -0.39 is 0 Å². The van der Waals surface area contributed by atoms with Gasteiger partial charge in [-0.3, -0.25) is 4.79 Å². The predicted octanol–water partition coefficient (Wildman–Crippen LogP) is 5.45. The van der Waals surface area contributed by atoms with Crippen molar-refractivity contribution in [3.8, 4) is 0 Å². The van der Waals surface area contributed by atoms with E-state index in [4.69, 9.17) is 23.2 Å². The predicted molar refractivity (Wildman–Crippen MR) is 106 cm³/mol. The maximum Gasteiger partial charge on any atom is 0.247 e. The van der Waals surface area contributed by atoms with Crippen LogP contribution in [0.2, 0.25) is 10.0 Å². The summed E-state index contributed by atoms with van der Waals surface area (Å²) in [4.78, 5) is 12.2. The summed E-state index contributed by atoms with van der Waals surface area (Å²) >= 11 is 11.8. The van der Waals surface area contributed by atoms with Gasteiger partial charge in [0, 0.05) is 0 Å². The Hall–Kier alpha value is -1.84. The second-order valence-electron chi connectivity index (χ2n) is 6.47. The Bertz CT molecular complexity index is 755. The summed E-state index contributed by atoms with van der Waals surface area (Å²) in [6, 6.07) is 13.3. The molecular weight excluding hydrogens is 355 g/mol. The SMILES string of the molecule is CC(C)Cc1ccc([C@@H](C)C(=O)N/N=C\c2ccc(Cl)c(Cl)c2)cc1. The van der Waals surface area contributed by atoms with Crippen LogP contribution in [0, 0.1) is 5.92 Å². The molecule has 0 aromatic heterocycles. The molecule has 5 heteroatoms. The summed E-state index contributed by atoms with van der Waals surface area (Å²) in [6.07, 6.45) is 2.58. The molecule has 2 aromatic carbocycles. The number of hydrogen-bond donors (Lipinski definition) is 1. The summed E-state index contributed by atoms with van der Waals surface area (Å²) < 4.78 is 0. The molecule has 0 spiro atoms. The molecule has 0 unspecified atom stereocenters. The lowest BCUT2D eigenvalue weighted by Gasteiger charge is -2.11. The Morgan fingerprint density at radius 1 is 1.08 bits per heavy atom. The van der Waals surface area contributed by atoms with Gasteiger partial charge in [-0.15, -0.1) is 0 Å². The standard InChI is InChI=1S/C20H22Cl2N2O/c1-13(2)10-15-4-7-17(8-5-15)14(3)20(25)24-23-12-16-6-9-18(21)19(22)11-16/h4-9,11-14H,10H2,1-3H3,(H,24,25)/b23-12-/t14-/m1/s1. The largest absolute Gasteiger partial charge is 0.272 e. The van der Waals surface area contributed by atoms with E-state index in [1.165, 1.54) is 5.56 Å². The number of benzene rings is 2.